The number of nitrogens with one attached hydrogen (secondary N) is 1. The van der Waals surface area contributed by atoms with Gasteiger partial charge in [-0.05, 0) is 44.7 Å². The number of rotatable bonds is 4. The molecule has 0 saturated carbocycles. The molecular formula is C15H19N3S. The molecule has 0 radical (unpaired) electrons. The van der Waals surface area contributed by atoms with Crippen LogP contribution in [0.2, 0.25) is 0 Å². The Morgan fingerprint density at radius 2 is 2.32 bits per heavy atom. The molecule has 0 bridgehead atoms. The Kier molecular flexibility index (Phi) is 3.42. The third kappa shape index (κ3) is 2.73. The predicted molar refractivity (Wildman–Crippen MR) is 83.8 cm³/mol. The van der Waals surface area contributed by atoms with Gasteiger partial charge in [0.1, 0.15) is 0 Å². The van der Waals surface area contributed by atoms with Gasteiger partial charge in [0.2, 0.25) is 0 Å². The second-order valence-electron chi connectivity index (χ2n) is 5.07. The Morgan fingerprint density at radius 3 is 3.11 bits per heavy atom. The van der Waals surface area contributed by atoms with Crippen molar-refractivity contribution in [3.63, 3.8) is 0 Å². The van der Waals surface area contributed by atoms with Crippen molar-refractivity contribution in [1.82, 2.24) is 4.98 Å². The normalized spacial score (nSPS) is 14.9. The van der Waals surface area contributed by atoms with Crippen molar-refractivity contribution in [3.8, 4) is 0 Å². The summed E-state index contributed by atoms with van der Waals surface area (Å²) in [6, 6.07) is 4.09. The van der Waals surface area contributed by atoms with E-state index in [1.807, 2.05) is 13.0 Å². The summed E-state index contributed by atoms with van der Waals surface area (Å²) < 4.78 is 1.17. The molecule has 100 valence electrons. The maximum atomic E-state index is 6.09. The van der Waals surface area contributed by atoms with Crippen molar-refractivity contribution in [2.45, 2.75) is 32.6 Å². The first kappa shape index (κ1) is 12.5. The largest absolute Gasteiger partial charge is 0.397 e. The van der Waals surface area contributed by atoms with Crippen LogP contribution < -0.4 is 11.1 Å². The van der Waals surface area contributed by atoms with Crippen LogP contribution in [-0.4, -0.2) is 11.5 Å². The highest BCUT2D eigenvalue weighted by molar-refractivity contribution is 7.18. The van der Waals surface area contributed by atoms with E-state index in [-0.39, 0.29) is 0 Å². The molecule has 3 rings (SSSR count). The fourth-order valence-electron chi connectivity index (χ4n) is 2.58. The van der Waals surface area contributed by atoms with Gasteiger partial charge in [0, 0.05) is 6.54 Å². The lowest BCUT2D eigenvalue weighted by molar-refractivity contribution is 0.863. The Balaban J connectivity index is 1.71. The number of benzene rings is 1. The summed E-state index contributed by atoms with van der Waals surface area (Å²) in [5.41, 5.74) is 10.5. The van der Waals surface area contributed by atoms with Gasteiger partial charge < -0.3 is 11.1 Å². The van der Waals surface area contributed by atoms with Gasteiger partial charge in [0.15, 0.2) is 0 Å². The molecule has 0 aliphatic heterocycles. The van der Waals surface area contributed by atoms with Crippen LogP contribution in [0.3, 0.4) is 0 Å². The topological polar surface area (TPSA) is 50.9 Å². The Labute approximate surface area is 117 Å². The van der Waals surface area contributed by atoms with Crippen molar-refractivity contribution in [1.29, 1.82) is 0 Å². The fraction of sp³-hybridized carbons (Fsp3) is 0.400. The van der Waals surface area contributed by atoms with E-state index in [9.17, 15) is 0 Å². The van der Waals surface area contributed by atoms with Crippen molar-refractivity contribution >= 4 is 32.9 Å². The number of nitrogen functional groups attached to an aromatic ring is 1. The van der Waals surface area contributed by atoms with Gasteiger partial charge >= 0.3 is 0 Å². The number of anilines is 2. The summed E-state index contributed by atoms with van der Waals surface area (Å²) in [5.74, 6) is 0. The molecule has 19 heavy (non-hydrogen) atoms. The minimum absolute atomic E-state index is 0.816. The lowest BCUT2D eigenvalue weighted by Crippen LogP contribution is -2.04. The molecule has 1 aliphatic rings. The lowest BCUT2D eigenvalue weighted by Gasteiger charge is -2.09. The molecule has 1 aromatic carbocycles. The van der Waals surface area contributed by atoms with Crippen LogP contribution in [0, 0.1) is 6.92 Å². The maximum absolute atomic E-state index is 6.09. The molecule has 0 atom stereocenters. The molecule has 0 fully saturated rings. The minimum Gasteiger partial charge on any atom is -0.397 e. The smallest absolute Gasteiger partial charge is 0.0907 e. The molecule has 0 unspecified atom stereocenters. The highest BCUT2D eigenvalue weighted by atomic mass is 32.1. The van der Waals surface area contributed by atoms with Gasteiger partial charge in [-0.1, -0.05) is 11.6 Å². The number of nitrogens with two attached hydrogens (primary N) is 1. The van der Waals surface area contributed by atoms with E-state index < -0.39 is 0 Å². The average Bonchev–Trinajstić information content (AvgIpc) is 2.98. The highest BCUT2D eigenvalue weighted by Crippen LogP contribution is 2.30. The van der Waals surface area contributed by atoms with Crippen LogP contribution >= 0.6 is 11.3 Å². The zero-order chi connectivity index (χ0) is 13.2. The first-order chi connectivity index (χ1) is 9.22. The summed E-state index contributed by atoms with van der Waals surface area (Å²) >= 11 is 1.69. The zero-order valence-electron chi connectivity index (χ0n) is 11.2. The van der Waals surface area contributed by atoms with Gasteiger partial charge in [-0.3, -0.25) is 0 Å². The average molecular weight is 273 g/mol. The van der Waals surface area contributed by atoms with Gasteiger partial charge in [0.25, 0.3) is 0 Å². The number of fused-ring (bicyclic) bond motifs is 1. The predicted octanol–water partition coefficient (Wildman–Crippen LogP) is 4.10. The molecule has 1 aliphatic carbocycles. The Morgan fingerprint density at radius 1 is 1.42 bits per heavy atom. The SMILES string of the molecule is Cc1nc2cc(NCCC3=CCCC3)c(N)cc2s1. The highest BCUT2D eigenvalue weighted by Gasteiger charge is 2.07. The standard InChI is InChI=1S/C15H19N3S/c1-10-18-14-9-13(12(16)8-15(14)19-10)17-7-6-11-4-2-3-5-11/h4,8-9,17H,2-3,5-7,16H2,1H3. The number of aromatic nitrogens is 1. The van der Waals surface area contributed by atoms with E-state index in [2.05, 4.69) is 22.4 Å². The van der Waals surface area contributed by atoms with Crippen molar-refractivity contribution < 1.29 is 0 Å². The molecule has 3 N–H and O–H groups in total. The number of nitrogens with zero attached hydrogens (tertiary/aromatic N) is 1. The quantitative estimate of drug-likeness (QED) is 0.651. The number of thiazole rings is 1. The van der Waals surface area contributed by atoms with Crippen LogP contribution in [0.25, 0.3) is 10.2 Å². The Hall–Kier alpha value is -1.55. The van der Waals surface area contributed by atoms with Crippen LogP contribution in [0.15, 0.2) is 23.8 Å². The van der Waals surface area contributed by atoms with Crippen LogP contribution in [0.1, 0.15) is 30.7 Å². The molecule has 0 saturated heterocycles. The van der Waals surface area contributed by atoms with Gasteiger partial charge in [-0.2, -0.15) is 0 Å². The van der Waals surface area contributed by atoms with Gasteiger partial charge in [-0.25, -0.2) is 4.98 Å². The van der Waals surface area contributed by atoms with Gasteiger partial charge in [0.05, 0.1) is 26.6 Å². The molecule has 0 spiro atoms. The second kappa shape index (κ2) is 5.21. The molecule has 2 aromatic rings. The van der Waals surface area contributed by atoms with E-state index in [1.54, 1.807) is 16.9 Å². The van der Waals surface area contributed by atoms with Crippen molar-refractivity contribution in [2.75, 3.05) is 17.6 Å². The monoisotopic (exact) mass is 273 g/mol. The van der Waals surface area contributed by atoms with E-state index in [1.165, 1.54) is 24.0 Å². The number of allylic oxidation sites excluding steroid dienone is 1. The summed E-state index contributed by atoms with van der Waals surface area (Å²) in [5, 5.41) is 4.53. The Bertz CT molecular complexity index is 628. The van der Waals surface area contributed by atoms with Crippen LogP contribution in [0.4, 0.5) is 11.4 Å². The molecule has 1 aromatic heterocycles. The van der Waals surface area contributed by atoms with Gasteiger partial charge in [-0.15, -0.1) is 11.3 Å². The lowest BCUT2D eigenvalue weighted by atomic mass is 10.1. The summed E-state index contributed by atoms with van der Waals surface area (Å²) in [6.07, 6.45) is 7.33. The van der Waals surface area contributed by atoms with Crippen LogP contribution in [-0.2, 0) is 0 Å². The van der Waals surface area contributed by atoms with E-state index in [0.717, 1.165) is 34.9 Å². The first-order valence-electron chi connectivity index (χ1n) is 6.81. The summed E-state index contributed by atoms with van der Waals surface area (Å²) in [7, 11) is 0. The third-order valence-electron chi connectivity index (χ3n) is 3.56. The van der Waals surface area contributed by atoms with E-state index in [4.69, 9.17) is 5.73 Å². The molecule has 4 heteroatoms. The first-order valence-corrected chi connectivity index (χ1v) is 7.62. The summed E-state index contributed by atoms with van der Waals surface area (Å²) in [6.45, 7) is 2.98. The zero-order valence-corrected chi connectivity index (χ0v) is 12.0. The molecule has 0 amide bonds. The van der Waals surface area contributed by atoms with Crippen molar-refractivity contribution in [3.05, 3.63) is 28.8 Å². The number of hydrogen-bond donors (Lipinski definition) is 2. The van der Waals surface area contributed by atoms with E-state index >= 15 is 0 Å². The second-order valence-corrected chi connectivity index (χ2v) is 6.31. The number of aryl methyl sites for hydroxylation is 1. The number of hydrogen-bond acceptors (Lipinski definition) is 4. The molecule has 1 heterocycles. The minimum atomic E-state index is 0.816. The maximum Gasteiger partial charge on any atom is 0.0907 e. The molecular weight excluding hydrogens is 254 g/mol. The third-order valence-corrected chi connectivity index (χ3v) is 4.50. The van der Waals surface area contributed by atoms with E-state index in [0.29, 0.717) is 0 Å². The summed E-state index contributed by atoms with van der Waals surface area (Å²) in [4.78, 5) is 4.51. The van der Waals surface area contributed by atoms with Crippen molar-refractivity contribution in [2.24, 2.45) is 0 Å². The molecule has 3 nitrogen and oxygen atoms in total. The van der Waals surface area contributed by atoms with Crippen LogP contribution in [0.5, 0.6) is 0 Å². The fourth-order valence-corrected chi connectivity index (χ4v) is 3.44.